The molecular formula is C16H17BrN2O4S2. The van der Waals surface area contributed by atoms with E-state index in [-0.39, 0.29) is 15.8 Å². The molecule has 1 saturated carbocycles. The quantitative estimate of drug-likeness (QED) is 0.715. The number of sulfonamides is 2. The van der Waals surface area contributed by atoms with Crippen LogP contribution < -0.4 is 9.44 Å². The molecule has 9 heteroatoms. The SMILES string of the molecule is Cc1cc(S(=O)(=O)Nc2ccc(S(=O)(=O)NC3CC3)cc2)ccc1Br. The van der Waals surface area contributed by atoms with Crippen molar-refractivity contribution in [1.82, 2.24) is 4.72 Å². The van der Waals surface area contributed by atoms with Gasteiger partial charge in [-0.2, -0.15) is 0 Å². The van der Waals surface area contributed by atoms with Gasteiger partial charge in [0.05, 0.1) is 9.79 Å². The highest BCUT2D eigenvalue weighted by molar-refractivity contribution is 9.10. The fraction of sp³-hybridized carbons (Fsp3) is 0.250. The van der Waals surface area contributed by atoms with Gasteiger partial charge in [0.1, 0.15) is 0 Å². The van der Waals surface area contributed by atoms with Crippen molar-refractivity contribution in [3.8, 4) is 0 Å². The zero-order valence-corrected chi connectivity index (χ0v) is 16.6. The molecule has 1 aliphatic rings. The monoisotopic (exact) mass is 444 g/mol. The molecule has 0 saturated heterocycles. The maximum atomic E-state index is 12.4. The lowest BCUT2D eigenvalue weighted by atomic mass is 10.2. The highest BCUT2D eigenvalue weighted by Gasteiger charge is 2.28. The number of halogens is 1. The zero-order valence-electron chi connectivity index (χ0n) is 13.4. The van der Waals surface area contributed by atoms with Crippen LogP contribution in [0, 0.1) is 6.92 Å². The van der Waals surface area contributed by atoms with Crippen LogP contribution in [0.5, 0.6) is 0 Å². The highest BCUT2D eigenvalue weighted by Crippen LogP contribution is 2.24. The molecule has 2 aromatic carbocycles. The van der Waals surface area contributed by atoms with Crippen molar-refractivity contribution in [3.05, 3.63) is 52.5 Å². The fourth-order valence-corrected chi connectivity index (χ4v) is 4.88. The Morgan fingerprint density at radius 3 is 2.08 bits per heavy atom. The van der Waals surface area contributed by atoms with Crippen molar-refractivity contribution in [2.45, 2.75) is 35.6 Å². The molecule has 0 heterocycles. The minimum atomic E-state index is -3.75. The van der Waals surface area contributed by atoms with E-state index in [1.54, 1.807) is 19.1 Å². The Balaban J connectivity index is 1.79. The summed E-state index contributed by atoms with van der Waals surface area (Å²) in [5.74, 6) is 0. The Hall–Kier alpha value is -1.42. The van der Waals surface area contributed by atoms with Gasteiger partial charge in [0.15, 0.2) is 0 Å². The van der Waals surface area contributed by atoms with Crippen LogP contribution >= 0.6 is 15.9 Å². The van der Waals surface area contributed by atoms with Gasteiger partial charge in [0.2, 0.25) is 10.0 Å². The van der Waals surface area contributed by atoms with E-state index in [2.05, 4.69) is 25.4 Å². The van der Waals surface area contributed by atoms with Crippen LogP contribution in [0.4, 0.5) is 5.69 Å². The second-order valence-corrected chi connectivity index (χ2v) is 10.2. The third-order valence-corrected chi connectivity index (χ3v) is 7.56. The minimum Gasteiger partial charge on any atom is -0.280 e. The molecule has 0 radical (unpaired) electrons. The van der Waals surface area contributed by atoms with E-state index in [0.29, 0.717) is 5.69 Å². The molecule has 0 aromatic heterocycles. The van der Waals surface area contributed by atoms with Gasteiger partial charge in [-0.3, -0.25) is 4.72 Å². The summed E-state index contributed by atoms with van der Waals surface area (Å²) < 4.78 is 55.0. The predicted octanol–water partition coefficient (Wildman–Crippen LogP) is 3.00. The molecule has 0 aliphatic heterocycles. The van der Waals surface area contributed by atoms with Crippen molar-refractivity contribution < 1.29 is 16.8 Å². The van der Waals surface area contributed by atoms with E-state index < -0.39 is 20.0 Å². The lowest BCUT2D eigenvalue weighted by molar-refractivity contribution is 0.581. The van der Waals surface area contributed by atoms with Crippen LogP contribution in [0.2, 0.25) is 0 Å². The molecule has 1 fully saturated rings. The Bertz CT molecular complexity index is 999. The molecular weight excluding hydrogens is 428 g/mol. The molecule has 0 atom stereocenters. The average molecular weight is 445 g/mol. The summed E-state index contributed by atoms with van der Waals surface area (Å²) in [5, 5.41) is 0. The third kappa shape index (κ3) is 4.41. The Kier molecular flexibility index (Phi) is 4.93. The summed E-state index contributed by atoms with van der Waals surface area (Å²) in [4.78, 5) is 0.252. The van der Waals surface area contributed by atoms with Gasteiger partial charge in [0, 0.05) is 16.2 Å². The number of benzene rings is 2. The van der Waals surface area contributed by atoms with Crippen molar-refractivity contribution in [1.29, 1.82) is 0 Å². The zero-order chi connectivity index (χ0) is 18.2. The summed E-state index contributed by atoms with van der Waals surface area (Å²) in [6.07, 6.45) is 1.70. The molecule has 2 N–H and O–H groups in total. The molecule has 0 spiro atoms. The Morgan fingerprint density at radius 1 is 0.920 bits per heavy atom. The number of hydrogen-bond donors (Lipinski definition) is 2. The standard InChI is InChI=1S/C16H17BrN2O4S2/c1-11-10-15(8-9-16(11)17)25(22,23)19-13-4-6-14(7-5-13)24(20,21)18-12-2-3-12/h4-10,12,18-19H,2-3H2,1H3. The molecule has 0 amide bonds. The largest absolute Gasteiger partial charge is 0.280 e. The number of rotatable bonds is 6. The average Bonchev–Trinajstić information content (AvgIpc) is 3.33. The van der Waals surface area contributed by atoms with Crippen LogP contribution in [-0.2, 0) is 20.0 Å². The van der Waals surface area contributed by atoms with Gasteiger partial charge in [-0.05, 0) is 67.8 Å². The summed E-state index contributed by atoms with van der Waals surface area (Å²) >= 11 is 3.33. The molecule has 0 bridgehead atoms. The first-order valence-corrected chi connectivity index (χ1v) is 11.3. The molecule has 25 heavy (non-hydrogen) atoms. The first-order chi connectivity index (χ1) is 11.7. The van der Waals surface area contributed by atoms with Gasteiger partial charge in [-0.25, -0.2) is 21.6 Å². The summed E-state index contributed by atoms with van der Waals surface area (Å²) in [6, 6.07) is 10.4. The van der Waals surface area contributed by atoms with E-state index in [1.165, 1.54) is 30.3 Å². The third-order valence-electron chi connectivity index (χ3n) is 3.76. The van der Waals surface area contributed by atoms with E-state index in [0.717, 1.165) is 22.9 Å². The maximum absolute atomic E-state index is 12.4. The Morgan fingerprint density at radius 2 is 1.52 bits per heavy atom. The number of anilines is 1. The lowest BCUT2D eigenvalue weighted by Crippen LogP contribution is -2.25. The molecule has 6 nitrogen and oxygen atoms in total. The van der Waals surface area contributed by atoms with E-state index >= 15 is 0 Å². The molecule has 0 unspecified atom stereocenters. The lowest BCUT2D eigenvalue weighted by Gasteiger charge is -2.10. The van der Waals surface area contributed by atoms with Gasteiger partial charge < -0.3 is 0 Å². The minimum absolute atomic E-state index is 0.0174. The van der Waals surface area contributed by atoms with Gasteiger partial charge in [-0.15, -0.1) is 0 Å². The number of nitrogens with one attached hydrogen (secondary N) is 2. The summed E-state index contributed by atoms with van der Waals surface area (Å²) in [5.41, 5.74) is 1.10. The van der Waals surface area contributed by atoms with Gasteiger partial charge >= 0.3 is 0 Å². The summed E-state index contributed by atoms with van der Waals surface area (Å²) in [6.45, 7) is 1.80. The highest BCUT2D eigenvalue weighted by atomic mass is 79.9. The van der Waals surface area contributed by atoms with Crippen molar-refractivity contribution in [3.63, 3.8) is 0 Å². The van der Waals surface area contributed by atoms with Crippen LogP contribution in [0.3, 0.4) is 0 Å². The molecule has 2 aromatic rings. The van der Waals surface area contributed by atoms with Crippen LogP contribution in [0.1, 0.15) is 18.4 Å². The topological polar surface area (TPSA) is 92.3 Å². The van der Waals surface area contributed by atoms with Crippen molar-refractivity contribution in [2.75, 3.05) is 4.72 Å². The number of hydrogen-bond acceptors (Lipinski definition) is 4. The number of aryl methyl sites for hydroxylation is 1. The second-order valence-electron chi connectivity index (χ2n) is 5.94. The first-order valence-electron chi connectivity index (χ1n) is 7.59. The van der Waals surface area contributed by atoms with E-state index in [9.17, 15) is 16.8 Å². The second kappa shape index (κ2) is 6.71. The normalized spacial score (nSPS) is 15.1. The van der Waals surface area contributed by atoms with Gasteiger partial charge in [0.25, 0.3) is 10.0 Å². The van der Waals surface area contributed by atoms with Crippen molar-refractivity contribution in [2.24, 2.45) is 0 Å². The first kappa shape index (κ1) is 18.4. The smallest absolute Gasteiger partial charge is 0.261 e. The maximum Gasteiger partial charge on any atom is 0.261 e. The van der Waals surface area contributed by atoms with E-state index in [1.807, 2.05) is 0 Å². The van der Waals surface area contributed by atoms with Crippen LogP contribution in [0.25, 0.3) is 0 Å². The van der Waals surface area contributed by atoms with E-state index in [4.69, 9.17) is 0 Å². The predicted molar refractivity (Wildman–Crippen MR) is 99.5 cm³/mol. The summed E-state index contributed by atoms with van der Waals surface area (Å²) in [7, 11) is -7.30. The van der Waals surface area contributed by atoms with Crippen molar-refractivity contribution >= 4 is 41.7 Å². The fourth-order valence-electron chi connectivity index (χ4n) is 2.19. The molecule has 1 aliphatic carbocycles. The van der Waals surface area contributed by atoms with Gasteiger partial charge in [-0.1, -0.05) is 15.9 Å². The molecule has 3 rings (SSSR count). The molecule has 134 valence electrons. The van der Waals surface area contributed by atoms with Crippen LogP contribution in [0.15, 0.2) is 56.7 Å². The van der Waals surface area contributed by atoms with Crippen LogP contribution in [-0.4, -0.2) is 22.9 Å². The Labute approximate surface area is 155 Å².